The van der Waals surface area contributed by atoms with Crippen LogP contribution in [0.5, 0.6) is 17.2 Å². The molecule has 1 saturated heterocycles. The molecule has 1 aliphatic rings. The summed E-state index contributed by atoms with van der Waals surface area (Å²) in [4.78, 5) is 98.7. The van der Waals surface area contributed by atoms with E-state index in [0.29, 0.717) is 31.2 Å². The van der Waals surface area contributed by atoms with E-state index in [-0.39, 0.29) is 68.2 Å². The number of carboxylic acids is 1. The van der Waals surface area contributed by atoms with Crippen LogP contribution in [0.4, 0.5) is 4.79 Å². The van der Waals surface area contributed by atoms with Gasteiger partial charge < -0.3 is 57.2 Å². The molecule has 8 atom stereocenters. The highest BCUT2D eigenvalue weighted by Crippen LogP contribution is 2.20. The number of phenols is 3. The Morgan fingerprint density at radius 1 is 0.672 bits per heavy atom. The van der Waals surface area contributed by atoms with Gasteiger partial charge in [-0.15, -0.1) is 0 Å². The zero-order chi connectivity index (χ0) is 49.2. The zero-order valence-corrected chi connectivity index (χ0v) is 38.9. The Labute approximate surface area is 391 Å². The normalized spacial score (nSPS) is 21.7. The van der Waals surface area contributed by atoms with Crippen molar-refractivity contribution in [1.82, 2.24) is 36.8 Å². The van der Waals surface area contributed by atoms with Crippen LogP contribution in [0.1, 0.15) is 89.3 Å². The number of nitrogens with one attached hydrogen (secondary N) is 6. The molecule has 67 heavy (non-hydrogen) atoms. The second kappa shape index (κ2) is 25.7. The largest absolute Gasteiger partial charge is 0.508 e. The van der Waals surface area contributed by atoms with Gasteiger partial charge in [-0.1, -0.05) is 76.9 Å². The van der Waals surface area contributed by atoms with E-state index < -0.39 is 83.7 Å². The molecule has 4 rings (SSSR count). The molecule has 3 aromatic rings. The van der Waals surface area contributed by atoms with Gasteiger partial charge in [0.2, 0.25) is 29.5 Å². The first-order chi connectivity index (χ1) is 31.9. The summed E-state index contributed by atoms with van der Waals surface area (Å²) in [5.74, 6) is -5.16. The van der Waals surface area contributed by atoms with Crippen LogP contribution < -0.4 is 31.9 Å². The number of urea groups is 1. The van der Waals surface area contributed by atoms with Crippen LogP contribution in [-0.2, 0) is 48.0 Å². The highest BCUT2D eigenvalue weighted by atomic mass is 16.4. The number of likely N-dealkylation sites (N-methyl/N-ethyl adjacent to an activating group) is 1. The average Bonchev–Trinajstić information content (AvgIpc) is 3.30. The second-order valence-electron chi connectivity index (χ2n) is 17.4. The number of rotatable bonds is 15. The first-order valence-electron chi connectivity index (χ1n) is 23.0. The van der Waals surface area contributed by atoms with Crippen molar-refractivity contribution in [3.05, 3.63) is 89.5 Å². The summed E-state index contributed by atoms with van der Waals surface area (Å²) in [6.45, 7) is 7.43. The molecule has 1 heterocycles. The Balaban J connectivity index is 1.71. The molecule has 0 saturated carbocycles. The third-order valence-corrected chi connectivity index (χ3v) is 12.4. The number of aromatic hydroxyl groups is 3. The molecule has 364 valence electrons. The van der Waals surface area contributed by atoms with Crippen molar-refractivity contribution < 1.29 is 54.0 Å². The fourth-order valence-electron chi connectivity index (χ4n) is 7.87. The molecule has 18 nitrogen and oxygen atoms in total. The Hall–Kier alpha value is -6.85. The number of carbonyl (C=O) groups is 7. The van der Waals surface area contributed by atoms with Crippen LogP contribution in [-0.4, -0.2) is 117 Å². The first-order valence-corrected chi connectivity index (χ1v) is 23.0. The second-order valence-corrected chi connectivity index (χ2v) is 17.4. The Morgan fingerprint density at radius 2 is 1.15 bits per heavy atom. The molecule has 10 N–H and O–H groups in total. The van der Waals surface area contributed by atoms with E-state index in [1.165, 1.54) is 60.5 Å². The van der Waals surface area contributed by atoms with Gasteiger partial charge in [-0.3, -0.25) is 24.0 Å². The number of hydrogen-bond acceptors (Lipinski definition) is 10. The van der Waals surface area contributed by atoms with Crippen LogP contribution in [0.2, 0.25) is 0 Å². The van der Waals surface area contributed by atoms with E-state index in [1.54, 1.807) is 31.2 Å². The van der Waals surface area contributed by atoms with Gasteiger partial charge in [0.05, 0.1) is 0 Å². The average molecular weight is 930 g/mol. The van der Waals surface area contributed by atoms with Crippen LogP contribution in [0.3, 0.4) is 0 Å². The zero-order valence-electron chi connectivity index (χ0n) is 38.9. The van der Waals surface area contributed by atoms with Crippen molar-refractivity contribution in [2.24, 2.45) is 11.8 Å². The molecule has 1 fully saturated rings. The van der Waals surface area contributed by atoms with E-state index in [1.807, 2.05) is 20.8 Å². The minimum Gasteiger partial charge on any atom is -0.508 e. The number of phenolic OH excluding ortho intramolecular Hbond substituents is 3. The standard InChI is InChI=1S/C49H67N7O11/c1-6-29(3)41-45(62)50-27-9-8-10-39(53-49(67)54-40(48(65)66)28-33-15-23-36(59)24-16-33)47(64)56(5)42(30(4)7-2)46(63)52-37(25-17-31-11-19-34(57)20-12-31)43(60)51-38(44(61)55-41)26-18-32-13-21-35(58)22-14-32/h11-16,19-24,29-30,37-42,57-59H,6-10,17-18,25-28H2,1-5H3,(H,50,62)(H,51,60)(H,52,63)(H,55,61)(H,65,66)(H2,53,54,67). The van der Waals surface area contributed by atoms with E-state index in [2.05, 4.69) is 31.9 Å². The maximum Gasteiger partial charge on any atom is 0.326 e. The molecule has 0 radical (unpaired) electrons. The highest BCUT2D eigenvalue weighted by Gasteiger charge is 2.38. The van der Waals surface area contributed by atoms with Crippen molar-refractivity contribution in [1.29, 1.82) is 0 Å². The van der Waals surface area contributed by atoms with Crippen LogP contribution in [0, 0.1) is 11.8 Å². The fourth-order valence-corrected chi connectivity index (χ4v) is 7.87. The molecular weight excluding hydrogens is 863 g/mol. The van der Waals surface area contributed by atoms with E-state index >= 15 is 0 Å². The quantitative estimate of drug-likeness (QED) is 0.106. The maximum atomic E-state index is 14.6. The van der Waals surface area contributed by atoms with Crippen molar-refractivity contribution in [3.8, 4) is 17.2 Å². The summed E-state index contributed by atoms with van der Waals surface area (Å²) in [6, 6.07) is 10.4. The van der Waals surface area contributed by atoms with Crippen molar-refractivity contribution >= 4 is 41.5 Å². The van der Waals surface area contributed by atoms with Gasteiger partial charge >= 0.3 is 12.0 Å². The molecule has 7 amide bonds. The molecule has 0 spiro atoms. The van der Waals surface area contributed by atoms with Gasteiger partial charge in [0.1, 0.15) is 53.5 Å². The minimum atomic E-state index is -1.41. The number of carboxylic acid groups (broad SMARTS) is 1. The highest BCUT2D eigenvalue weighted by molar-refractivity contribution is 5.96. The first kappa shape index (κ1) is 52.8. The van der Waals surface area contributed by atoms with Crippen LogP contribution in [0.25, 0.3) is 0 Å². The summed E-state index contributed by atoms with van der Waals surface area (Å²) in [7, 11) is 1.42. The monoisotopic (exact) mass is 929 g/mol. The fraction of sp³-hybridized carbons (Fsp3) is 0.490. The molecule has 3 aromatic carbocycles. The van der Waals surface area contributed by atoms with Gasteiger partial charge in [0.25, 0.3) is 0 Å². The lowest BCUT2D eigenvalue weighted by atomic mass is 9.95. The van der Waals surface area contributed by atoms with Gasteiger partial charge in [0, 0.05) is 20.0 Å². The molecule has 8 unspecified atom stereocenters. The van der Waals surface area contributed by atoms with Crippen molar-refractivity contribution in [3.63, 3.8) is 0 Å². The molecule has 18 heteroatoms. The van der Waals surface area contributed by atoms with Crippen LogP contribution >= 0.6 is 0 Å². The predicted molar refractivity (Wildman–Crippen MR) is 250 cm³/mol. The molecule has 0 bridgehead atoms. The topological polar surface area (TPSA) is 276 Å². The molecule has 0 aromatic heterocycles. The van der Waals surface area contributed by atoms with Gasteiger partial charge in [-0.25, -0.2) is 9.59 Å². The predicted octanol–water partition coefficient (Wildman–Crippen LogP) is 3.41. The Morgan fingerprint density at radius 3 is 1.64 bits per heavy atom. The SMILES string of the molecule is CCC(C)C1NC(=O)C(CCc2ccc(O)cc2)NC(=O)C(CCc2ccc(O)cc2)NC(=O)C(C(C)CC)N(C)C(=O)C(NC(=O)NC(Cc2ccc(O)cc2)C(=O)O)CCCCNC1=O. The van der Waals surface area contributed by atoms with Crippen LogP contribution in [0.15, 0.2) is 72.8 Å². The smallest absolute Gasteiger partial charge is 0.326 e. The number of amides is 7. The lowest BCUT2D eigenvalue weighted by Gasteiger charge is -2.35. The third-order valence-electron chi connectivity index (χ3n) is 12.4. The number of carbonyl (C=O) groups excluding carboxylic acids is 6. The summed E-state index contributed by atoms with van der Waals surface area (Å²) in [5, 5.41) is 55.9. The summed E-state index contributed by atoms with van der Waals surface area (Å²) >= 11 is 0. The van der Waals surface area contributed by atoms with Crippen molar-refractivity contribution in [2.75, 3.05) is 13.6 Å². The van der Waals surface area contributed by atoms with Crippen molar-refractivity contribution in [2.45, 2.75) is 128 Å². The van der Waals surface area contributed by atoms with E-state index in [4.69, 9.17) is 0 Å². The van der Waals surface area contributed by atoms with E-state index in [9.17, 15) is 54.0 Å². The lowest BCUT2D eigenvalue weighted by Crippen LogP contribution is -2.61. The number of benzene rings is 3. The molecule has 1 aliphatic heterocycles. The lowest BCUT2D eigenvalue weighted by molar-refractivity contribution is -0.143. The number of nitrogens with zero attached hydrogens (tertiary/aromatic N) is 1. The summed E-state index contributed by atoms with van der Waals surface area (Å²) in [6.07, 6.45) is 2.16. The Kier molecular flexibility index (Phi) is 20.3. The minimum absolute atomic E-state index is 0.0174. The molecular formula is C49H67N7O11. The van der Waals surface area contributed by atoms with Gasteiger partial charge in [-0.2, -0.15) is 0 Å². The number of aryl methyl sites for hydroxylation is 2. The summed E-state index contributed by atoms with van der Waals surface area (Å²) in [5.41, 5.74) is 2.03. The van der Waals surface area contributed by atoms with Gasteiger partial charge in [0.15, 0.2) is 0 Å². The Bertz CT molecular complexity index is 2140. The maximum absolute atomic E-state index is 14.6. The number of aliphatic carboxylic acids is 1. The number of hydrogen-bond donors (Lipinski definition) is 10. The molecule has 0 aliphatic carbocycles. The third kappa shape index (κ3) is 16.2. The van der Waals surface area contributed by atoms with E-state index in [0.717, 1.165) is 11.1 Å². The van der Waals surface area contributed by atoms with Gasteiger partial charge in [-0.05, 0) is 110 Å². The summed E-state index contributed by atoms with van der Waals surface area (Å²) < 4.78 is 0.